The van der Waals surface area contributed by atoms with Crippen LogP contribution in [0.5, 0.6) is 0 Å². The van der Waals surface area contributed by atoms with Gasteiger partial charge in [-0.25, -0.2) is 0 Å². The molecule has 0 spiro atoms. The summed E-state index contributed by atoms with van der Waals surface area (Å²) in [5.41, 5.74) is 0. The minimum absolute atomic E-state index is 0.278. The quantitative estimate of drug-likeness (QED) is 0.718. The Kier molecular flexibility index (Phi) is 6.07. The average molecular weight is 280 g/mol. The standard InChI is InChI=1S/C16H28N2O2/c1-13-7-8-16(20-13)14(2)17-9-3-4-10-18-11-5-6-15(18)12-19/h7-8,14-15,17,19H,3-6,9-12H2,1-2H3. The molecule has 1 saturated heterocycles. The summed E-state index contributed by atoms with van der Waals surface area (Å²) in [6, 6.07) is 4.74. The number of nitrogens with zero attached hydrogens (tertiary/aromatic N) is 1. The number of unbranched alkanes of at least 4 members (excludes halogenated alkanes) is 1. The molecule has 2 atom stereocenters. The molecule has 114 valence electrons. The fraction of sp³-hybridized carbons (Fsp3) is 0.750. The molecule has 0 saturated carbocycles. The highest BCUT2D eigenvalue weighted by molar-refractivity contribution is 5.08. The van der Waals surface area contributed by atoms with Gasteiger partial charge < -0.3 is 14.8 Å². The first-order valence-corrected chi connectivity index (χ1v) is 7.85. The van der Waals surface area contributed by atoms with Crippen LogP contribution in [0.2, 0.25) is 0 Å². The van der Waals surface area contributed by atoms with Gasteiger partial charge >= 0.3 is 0 Å². The van der Waals surface area contributed by atoms with E-state index in [4.69, 9.17) is 4.42 Å². The third-order valence-corrected chi connectivity index (χ3v) is 4.22. The minimum Gasteiger partial charge on any atom is -0.465 e. The van der Waals surface area contributed by atoms with Crippen molar-refractivity contribution in [1.29, 1.82) is 0 Å². The summed E-state index contributed by atoms with van der Waals surface area (Å²) in [5.74, 6) is 1.99. The van der Waals surface area contributed by atoms with Gasteiger partial charge in [0.15, 0.2) is 0 Å². The normalized spacial score (nSPS) is 21.4. The molecule has 20 heavy (non-hydrogen) atoms. The fourth-order valence-electron chi connectivity index (χ4n) is 2.94. The van der Waals surface area contributed by atoms with Crippen LogP contribution in [0, 0.1) is 6.92 Å². The number of nitrogens with one attached hydrogen (secondary N) is 1. The molecule has 0 aliphatic carbocycles. The van der Waals surface area contributed by atoms with Crippen molar-refractivity contribution in [3.05, 3.63) is 23.7 Å². The zero-order chi connectivity index (χ0) is 14.4. The molecule has 0 aromatic carbocycles. The molecule has 4 heteroatoms. The van der Waals surface area contributed by atoms with Gasteiger partial charge in [0.2, 0.25) is 0 Å². The van der Waals surface area contributed by atoms with Gasteiger partial charge in [-0.3, -0.25) is 4.90 Å². The van der Waals surface area contributed by atoms with Gasteiger partial charge in [0.1, 0.15) is 11.5 Å². The lowest BCUT2D eigenvalue weighted by Crippen LogP contribution is -2.33. The summed E-state index contributed by atoms with van der Waals surface area (Å²) >= 11 is 0. The molecule has 2 heterocycles. The Bertz CT molecular complexity index is 392. The van der Waals surface area contributed by atoms with E-state index in [1.165, 1.54) is 19.3 Å². The van der Waals surface area contributed by atoms with Crippen LogP contribution in [-0.2, 0) is 0 Å². The molecule has 4 nitrogen and oxygen atoms in total. The number of hydrogen-bond donors (Lipinski definition) is 2. The summed E-state index contributed by atoms with van der Waals surface area (Å²) < 4.78 is 5.61. The van der Waals surface area contributed by atoms with Gasteiger partial charge in [0, 0.05) is 6.04 Å². The fourth-order valence-corrected chi connectivity index (χ4v) is 2.94. The largest absolute Gasteiger partial charge is 0.465 e. The van der Waals surface area contributed by atoms with E-state index in [9.17, 15) is 5.11 Å². The average Bonchev–Trinajstić information content (AvgIpc) is 3.06. The van der Waals surface area contributed by atoms with E-state index in [1.54, 1.807) is 0 Å². The zero-order valence-electron chi connectivity index (χ0n) is 12.8. The Morgan fingerprint density at radius 1 is 1.45 bits per heavy atom. The maximum atomic E-state index is 9.28. The topological polar surface area (TPSA) is 48.6 Å². The molecule has 1 aromatic rings. The zero-order valence-corrected chi connectivity index (χ0v) is 12.8. The first-order valence-electron chi connectivity index (χ1n) is 7.85. The lowest BCUT2D eigenvalue weighted by molar-refractivity contribution is 0.157. The number of aryl methyl sites for hydroxylation is 1. The Balaban J connectivity index is 1.57. The lowest BCUT2D eigenvalue weighted by Gasteiger charge is -2.22. The van der Waals surface area contributed by atoms with Crippen LogP contribution < -0.4 is 5.32 Å². The summed E-state index contributed by atoms with van der Waals surface area (Å²) in [6.07, 6.45) is 4.74. The SMILES string of the molecule is Cc1ccc(C(C)NCCCCN2CCCC2CO)o1. The maximum absolute atomic E-state index is 9.28. The Hall–Kier alpha value is -0.840. The van der Waals surface area contributed by atoms with Crippen molar-refractivity contribution in [2.45, 2.75) is 51.6 Å². The molecule has 2 unspecified atom stereocenters. The molecule has 0 amide bonds. The van der Waals surface area contributed by atoms with Crippen LogP contribution in [0.25, 0.3) is 0 Å². The molecule has 0 radical (unpaired) electrons. The van der Waals surface area contributed by atoms with Crippen LogP contribution in [-0.4, -0.2) is 42.3 Å². The second-order valence-electron chi connectivity index (χ2n) is 5.85. The van der Waals surface area contributed by atoms with Crippen LogP contribution in [0.1, 0.15) is 50.2 Å². The molecular formula is C16H28N2O2. The van der Waals surface area contributed by atoms with Crippen molar-refractivity contribution in [2.24, 2.45) is 0 Å². The van der Waals surface area contributed by atoms with Gasteiger partial charge in [0.25, 0.3) is 0 Å². The first kappa shape index (κ1) is 15.5. The van der Waals surface area contributed by atoms with Crippen molar-refractivity contribution in [3.63, 3.8) is 0 Å². The van der Waals surface area contributed by atoms with Gasteiger partial charge in [-0.05, 0) is 71.3 Å². The third kappa shape index (κ3) is 4.33. The predicted molar refractivity (Wildman–Crippen MR) is 80.8 cm³/mol. The summed E-state index contributed by atoms with van der Waals surface area (Å²) in [6.45, 7) is 7.71. The number of aliphatic hydroxyl groups is 1. The number of aliphatic hydroxyl groups excluding tert-OH is 1. The van der Waals surface area contributed by atoms with Gasteiger partial charge in [-0.1, -0.05) is 0 Å². The monoisotopic (exact) mass is 280 g/mol. The van der Waals surface area contributed by atoms with Gasteiger partial charge in [-0.2, -0.15) is 0 Å². The second-order valence-corrected chi connectivity index (χ2v) is 5.85. The van der Waals surface area contributed by atoms with E-state index in [0.29, 0.717) is 12.6 Å². The van der Waals surface area contributed by atoms with Crippen LogP contribution in [0.15, 0.2) is 16.5 Å². The second kappa shape index (κ2) is 7.81. The summed E-state index contributed by atoms with van der Waals surface area (Å²) in [4.78, 5) is 2.43. The van der Waals surface area contributed by atoms with E-state index in [-0.39, 0.29) is 6.04 Å². The van der Waals surface area contributed by atoms with Crippen molar-refractivity contribution < 1.29 is 9.52 Å². The van der Waals surface area contributed by atoms with Crippen molar-refractivity contribution >= 4 is 0 Å². The van der Waals surface area contributed by atoms with Crippen LogP contribution in [0.4, 0.5) is 0 Å². The van der Waals surface area contributed by atoms with Gasteiger partial charge in [0.05, 0.1) is 12.6 Å². The third-order valence-electron chi connectivity index (χ3n) is 4.22. The molecule has 1 aromatic heterocycles. The molecule has 1 aliphatic heterocycles. The first-order chi connectivity index (χ1) is 9.70. The molecule has 2 N–H and O–H groups in total. The number of likely N-dealkylation sites (tertiary alicyclic amines) is 1. The highest BCUT2D eigenvalue weighted by Crippen LogP contribution is 2.17. The van der Waals surface area contributed by atoms with Crippen molar-refractivity contribution in [2.75, 3.05) is 26.2 Å². The number of rotatable bonds is 8. The molecule has 1 fully saturated rings. The molecule has 2 rings (SSSR count). The van der Waals surface area contributed by atoms with E-state index < -0.39 is 0 Å². The summed E-state index contributed by atoms with van der Waals surface area (Å²) in [5, 5.41) is 12.8. The smallest absolute Gasteiger partial charge is 0.120 e. The molecule has 0 bridgehead atoms. The Morgan fingerprint density at radius 2 is 2.30 bits per heavy atom. The van der Waals surface area contributed by atoms with Crippen LogP contribution in [0.3, 0.4) is 0 Å². The molecule has 1 aliphatic rings. The van der Waals surface area contributed by atoms with E-state index in [1.807, 2.05) is 19.1 Å². The highest BCUT2D eigenvalue weighted by atomic mass is 16.3. The van der Waals surface area contributed by atoms with E-state index in [2.05, 4.69) is 17.1 Å². The van der Waals surface area contributed by atoms with E-state index in [0.717, 1.165) is 37.6 Å². The highest BCUT2D eigenvalue weighted by Gasteiger charge is 2.22. The number of furan rings is 1. The number of hydrogen-bond acceptors (Lipinski definition) is 4. The lowest BCUT2D eigenvalue weighted by atomic mass is 10.2. The Labute approximate surface area is 122 Å². The summed E-state index contributed by atoms with van der Waals surface area (Å²) in [7, 11) is 0. The van der Waals surface area contributed by atoms with Crippen molar-refractivity contribution in [3.8, 4) is 0 Å². The minimum atomic E-state index is 0.278. The van der Waals surface area contributed by atoms with E-state index >= 15 is 0 Å². The van der Waals surface area contributed by atoms with Crippen molar-refractivity contribution in [1.82, 2.24) is 10.2 Å². The predicted octanol–water partition coefficient (Wildman–Crippen LogP) is 2.48. The van der Waals surface area contributed by atoms with Crippen LogP contribution >= 0.6 is 0 Å². The maximum Gasteiger partial charge on any atom is 0.120 e. The Morgan fingerprint density at radius 3 is 3.00 bits per heavy atom. The molecular weight excluding hydrogens is 252 g/mol. The van der Waals surface area contributed by atoms with Gasteiger partial charge in [-0.15, -0.1) is 0 Å².